The number of aromatic amines is 1. The summed E-state index contributed by atoms with van der Waals surface area (Å²) in [5.74, 6) is 0.128. The summed E-state index contributed by atoms with van der Waals surface area (Å²) in [6.07, 6.45) is -0.140. The van der Waals surface area contributed by atoms with Crippen molar-refractivity contribution in [3.05, 3.63) is 30.5 Å². The van der Waals surface area contributed by atoms with Crippen molar-refractivity contribution in [1.82, 2.24) is 19.9 Å². The maximum atomic E-state index is 12.7. The van der Waals surface area contributed by atoms with E-state index in [1.54, 1.807) is 0 Å². The maximum absolute atomic E-state index is 12.7. The van der Waals surface area contributed by atoms with Gasteiger partial charge in [0, 0.05) is 12.4 Å². The van der Waals surface area contributed by atoms with E-state index in [4.69, 9.17) is 4.74 Å². The molecule has 0 saturated carbocycles. The van der Waals surface area contributed by atoms with Crippen LogP contribution in [0.3, 0.4) is 0 Å². The van der Waals surface area contributed by atoms with E-state index in [0.717, 1.165) is 4.90 Å². The van der Waals surface area contributed by atoms with E-state index in [1.807, 2.05) is 0 Å². The highest BCUT2D eigenvalue weighted by molar-refractivity contribution is 5.39. The molecule has 0 aliphatic rings. The Morgan fingerprint density at radius 2 is 2.20 bits per heavy atom. The fraction of sp³-hybridized carbons (Fsp3) is 0.364. The Hall–Kier alpha value is -2.32. The second-order valence-corrected chi connectivity index (χ2v) is 3.95. The molecule has 20 heavy (non-hydrogen) atoms. The van der Waals surface area contributed by atoms with Crippen molar-refractivity contribution in [2.24, 2.45) is 0 Å². The first-order valence-electron chi connectivity index (χ1n) is 5.64. The Morgan fingerprint density at radius 3 is 2.80 bits per heavy atom. The number of methoxy groups -OCH3 is 1. The lowest BCUT2D eigenvalue weighted by atomic mass is 10.3. The van der Waals surface area contributed by atoms with E-state index in [2.05, 4.69) is 19.9 Å². The molecule has 0 unspecified atom stereocenters. The van der Waals surface area contributed by atoms with Gasteiger partial charge in [-0.25, -0.2) is 9.97 Å². The average Bonchev–Trinajstić information content (AvgIpc) is 2.89. The molecular weight excluding hydrogens is 275 g/mol. The predicted molar refractivity (Wildman–Crippen MR) is 64.3 cm³/mol. The monoisotopic (exact) mass is 287 g/mol. The summed E-state index contributed by atoms with van der Waals surface area (Å²) in [6.45, 7) is -1.13. The summed E-state index contributed by atoms with van der Waals surface area (Å²) in [5.41, 5.74) is 0.548. The van der Waals surface area contributed by atoms with Crippen LogP contribution in [0.5, 0.6) is 6.01 Å². The molecule has 0 saturated heterocycles. The number of rotatable bonds is 5. The van der Waals surface area contributed by atoms with Crippen molar-refractivity contribution in [2.75, 3.05) is 18.6 Å². The third-order valence-corrected chi connectivity index (χ3v) is 2.41. The van der Waals surface area contributed by atoms with Crippen LogP contribution in [-0.2, 0) is 6.54 Å². The highest BCUT2D eigenvalue weighted by Gasteiger charge is 2.31. The minimum Gasteiger partial charge on any atom is -0.467 e. The Morgan fingerprint density at radius 1 is 1.40 bits per heavy atom. The van der Waals surface area contributed by atoms with Crippen LogP contribution in [0.2, 0.25) is 0 Å². The maximum Gasteiger partial charge on any atom is 0.405 e. The summed E-state index contributed by atoms with van der Waals surface area (Å²) in [4.78, 5) is 15.3. The standard InChI is InChI=1S/C11H12F3N5O/c1-20-10-16-3-2-9(18-10)19(6-11(12,13)14)5-8-4-15-7-17-8/h2-4,7H,5-6H2,1H3,(H,15,17). The van der Waals surface area contributed by atoms with E-state index < -0.39 is 12.7 Å². The topological polar surface area (TPSA) is 66.9 Å². The number of H-pyrrole nitrogens is 1. The molecule has 0 atom stereocenters. The van der Waals surface area contributed by atoms with Crippen LogP contribution in [0, 0.1) is 0 Å². The number of nitrogens with zero attached hydrogens (tertiary/aromatic N) is 4. The molecule has 1 N–H and O–H groups in total. The van der Waals surface area contributed by atoms with Crippen LogP contribution in [0.4, 0.5) is 19.0 Å². The van der Waals surface area contributed by atoms with Gasteiger partial charge in [-0.05, 0) is 6.07 Å². The van der Waals surface area contributed by atoms with Crippen molar-refractivity contribution in [3.63, 3.8) is 0 Å². The average molecular weight is 287 g/mol. The Balaban J connectivity index is 2.24. The molecule has 0 bridgehead atoms. The van der Waals surface area contributed by atoms with Gasteiger partial charge in [0.1, 0.15) is 12.4 Å². The number of halogens is 3. The fourth-order valence-corrected chi connectivity index (χ4v) is 1.62. The normalized spacial score (nSPS) is 11.4. The molecule has 0 aliphatic carbocycles. The van der Waals surface area contributed by atoms with E-state index in [9.17, 15) is 13.2 Å². The minimum absolute atomic E-state index is 0.000320. The number of imidazole rings is 1. The second kappa shape index (κ2) is 5.76. The van der Waals surface area contributed by atoms with Crippen LogP contribution in [-0.4, -0.2) is 39.8 Å². The number of aromatic nitrogens is 4. The predicted octanol–water partition coefficient (Wildman–Crippen LogP) is 1.78. The quantitative estimate of drug-likeness (QED) is 0.908. The largest absolute Gasteiger partial charge is 0.467 e. The fourth-order valence-electron chi connectivity index (χ4n) is 1.62. The van der Waals surface area contributed by atoms with Gasteiger partial charge in [-0.3, -0.25) is 0 Å². The summed E-state index contributed by atoms with van der Waals surface area (Å²) in [7, 11) is 1.35. The molecule has 0 spiro atoms. The van der Waals surface area contributed by atoms with Gasteiger partial charge < -0.3 is 14.6 Å². The molecule has 0 amide bonds. The third-order valence-electron chi connectivity index (χ3n) is 2.41. The zero-order valence-electron chi connectivity index (χ0n) is 10.6. The van der Waals surface area contributed by atoms with Crippen LogP contribution in [0.1, 0.15) is 5.69 Å². The van der Waals surface area contributed by atoms with Crippen molar-refractivity contribution in [3.8, 4) is 6.01 Å². The molecule has 0 aliphatic heterocycles. The molecule has 0 aromatic carbocycles. The number of alkyl halides is 3. The molecule has 9 heteroatoms. The first-order valence-corrected chi connectivity index (χ1v) is 5.64. The van der Waals surface area contributed by atoms with Gasteiger partial charge in [-0.15, -0.1) is 0 Å². The Labute approximate surface area is 112 Å². The van der Waals surface area contributed by atoms with Crippen LogP contribution >= 0.6 is 0 Å². The second-order valence-electron chi connectivity index (χ2n) is 3.95. The Bertz CT molecular complexity index is 543. The van der Waals surface area contributed by atoms with E-state index in [-0.39, 0.29) is 18.4 Å². The summed E-state index contributed by atoms with van der Waals surface area (Å²) in [5, 5.41) is 0. The van der Waals surface area contributed by atoms with E-state index >= 15 is 0 Å². The lowest BCUT2D eigenvalue weighted by Gasteiger charge is -2.24. The Kier molecular flexibility index (Phi) is 4.06. The summed E-state index contributed by atoms with van der Waals surface area (Å²) in [6, 6.07) is 1.41. The molecule has 2 aromatic heterocycles. The van der Waals surface area contributed by atoms with E-state index in [1.165, 1.54) is 31.9 Å². The zero-order chi connectivity index (χ0) is 14.6. The molecular formula is C11H12F3N5O. The van der Waals surface area contributed by atoms with Gasteiger partial charge >= 0.3 is 12.2 Å². The molecule has 2 heterocycles. The van der Waals surface area contributed by atoms with Crippen LogP contribution in [0.25, 0.3) is 0 Å². The number of anilines is 1. The first kappa shape index (κ1) is 14.1. The number of hydrogen-bond donors (Lipinski definition) is 1. The molecule has 108 valence electrons. The smallest absolute Gasteiger partial charge is 0.405 e. The van der Waals surface area contributed by atoms with E-state index in [0.29, 0.717) is 5.69 Å². The number of nitrogens with one attached hydrogen (secondary N) is 1. The summed E-state index contributed by atoms with van der Waals surface area (Å²) < 4.78 is 42.8. The highest BCUT2D eigenvalue weighted by atomic mass is 19.4. The van der Waals surface area contributed by atoms with Crippen molar-refractivity contribution < 1.29 is 17.9 Å². The van der Waals surface area contributed by atoms with Crippen molar-refractivity contribution in [1.29, 1.82) is 0 Å². The molecule has 0 fully saturated rings. The highest BCUT2D eigenvalue weighted by Crippen LogP contribution is 2.22. The lowest BCUT2D eigenvalue weighted by Crippen LogP contribution is -2.34. The summed E-state index contributed by atoms with van der Waals surface area (Å²) >= 11 is 0. The van der Waals surface area contributed by atoms with Gasteiger partial charge in [-0.1, -0.05) is 0 Å². The van der Waals surface area contributed by atoms with Crippen LogP contribution in [0.15, 0.2) is 24.8 Å². The van der Waals surface area contributed by atoms with Gasteiger partial charge in [-0.2, -0.15) is 18.2 Å². The lowest BCUT2D eigenvalue weighted by molar-refractivity contribution is -0.120. The number of hydrogen-bond acceptors (Lipinski definition) is 5. The first-order chi connectivity index (χ1) is 9.48. The van der Waals surface area contributed by atoms with Crippen molar-refractivity contribution in [2.45, 2.75) is 12.7 Å². The SMILES string of the molecule is COc1nccc(N(Cc2cnc[nH]2)CC(F)(F)F)n1. The van der Waals surface area contributed by atoms with Crippen LogP contribution < -0.4 is 9.64 Å². The van der Waals surface area contributed by atoms with Gasteiger partial charge in [0.05, 0.1) is 25.7 Å². The van der Waals surface area contributed by atoms with Gasteiger partial charge in [0.2, 0.25) is 0 Å². The van der Waals surface area contributed by atoms with Crippen molar-refractivity contribution >= 4 is 5.82 Å². The third kappa shape index (κ3) is 3.84. The van der Waals surface area contributed by atoms with Gasteiger partial charge in [0.15, 0.2) is 0 Å². The molecule has 2 rings (SSSR count). The number of ether oxygens (including phenoxy) is 1. The molecule has 0 radical (unpaired) electrons. The zero-order valence-corrected chi connectivity index (χ0v) is 10.6. The minimum atomic E-state index is -4.35. The molecule has 2 aromatic rings. The molecule has 6 nitrogen and oxygen atoms in total. The van der Waals surface area contributed by atoms with Gasteiger partial charge in [0.25, 0.3) is 0 Å².